The number of ether oxygens (including phenoxy) is 3. The van der Waals surface area contributed by atoms with Crippen LogP contribution < -0.4 is 19.9 Å². The van der Waals surface area contributed by atoms with E-state index in [4.69, 9.17) is 19.9 Å². The zero-order valence-corrected chi connectivity index (χ0v) is 20.4. The monoisotopic (exact) mass is 496 g/mol. The van der Waals surface area contributed by atoms with Gasteiger partial charge in [0.2, 0.25) is 11.8 Å². The van der Waals surface area contributed by atoms with Crippen molar-refractivity contribution in [1.29, 1.82) is 5.26 Å². The van der Waals surface area contributed by atoms with Crippen LogP contribution in [0.3, 0.4) is 0 Å². The van der Waals surface area contributed by atoms with Crippen molar-refractivity contribution in [1.82, 2.24) is 10.2 Å². The molecule has 0 bridgehead atoms. The molecule has 0 aliphatic carbocycles. The average molecular weight is 497 g/mol. The third-order valence-electron chi connectivity index (χ3n) is 6.00. The van der Waals surface area contributed by atoms with Gasteiger partial charge in [0.1, 0.15) is 35.6 Å². The summed E-state index contributed by atoms with van der Waals surface area (Å²) in [7, 11) is 0. The standard InChI is InChI=1S/C29H25FN4O3/c1-17(2)36-21-12-10-18(11-13-21)27-26-25(23(15-31)28(32)37-29(26)34-33-27)19-7-5-8-22(14-19)35-16-20-6-3-4-9-24(20)30/h3-14,17,25H,16,32H2,1-2H3,(H,33,34). The molecule has 1 unspecified atom stereocenters. The van der Waals surface area contributed by atoms with E-state index in [0.717, 1.165) is 16.9 Å². The van der Waals surface area contributed by atoms with E-state index in [1.54, 1.807) is 24.3 Å². The summed E-state index contributed by atoms with van der Waals surface area (Å²) in [6, 6.07) is 23.6. The van der Waals surface area contributed by atoms with E-state index >= 15 is 0 Å². The van der Waals surface area contributed by atoms with Gasteiger partial charge in [0.05, 0.1) is 23.3 Å². The molecule has 0 saturated carbocycles. The van der Waals surface area contributed by atoms with Crippen LogP contribution >= 0.6 is 0 Å². The van der Waals surface area contributed by atoms with Gasteiger partial charge in [-0.1, -0.05) is 30.3 Å². The first-order valence-electron chi connectivity index (χ1n) is 11.8. The fourth-order valence-corrected chi connectivity index (χ4v) is 4.33. The lowest BCUT2D eigenvalue weighted by atomic mass is 9.83. The van der Waals surface area contributed by atoms with Crippen LogP contribution in [-0.4, -0.2) is 16.3 Å². The summed E-state index contributed by atoms with van der Waals surface area (Å²) >= 11 is 0. The van der Waals surface area contributed by atoms with E-state index in [2.05, 4.69) is 16.3 Å². The fraction of sp³-hybridized carbons (Fsp3) is 0.172. The molecule has 1 aliphatic heterocycles. The van der Waals surface area contributed by atoms with Gasteiger partial charge in [-0.3, -0.25) is 5.10 Å². The van der Waals surface area contributed by atoms with Gasteiger partial charge in [-0.2, -0.15) is 5.26 Å². The fourth-order valence-electron chi connectivity index (χ4n) is 4.33. The Bertz CT molecular complexity index is 1500. The summed E-state index contributed by atoms with van der Waals surface area (Å²) < 4.78 is 31.4. The first-order chi connectivity index (χ1) is 17.9. The summed E-state index contributed by atoms with van der Waals surface area (Å²) in [6.45, 7) is 4.00. The molecular formula is C29H25FN4O3. The number of rotatable bonds is 7. The van der Waals surface area contributed by atoms with Gasteiger partial charge < -0.3 is 19.9 Å². The van der Waals surface area contributed by atoms with Gasteiger partial charge in [-0.25, -0.2) is 4.39 Å². The minimum atomic E-state index is -0.550. The number of H-pyrrole nitrogens is 1. The highest BCUT2D eigenvalue weighted by Crippen LogP contribution is 2.46. The van der Waals surface area contributed by atoms with E-state index in [9.17, 15) is 9.65 Å². The lowest BCUT2D eigenvalue weighted by molar-refractivity contribution is 0.242. The van der Waals surface area contributed by atoms with Crippen molar-refractivity contribution in [2.75, 3.05) is 0 Å². The van der Waals surface area contributed by atoms with E-state index in [0.29, 0.717) is 28.5 Å². The van der Waals surface area contributed by atoms with Crippen molar-refractivity contribution in [2.45, 2.75) is 32.5 Å². The Hall–Kier alpha value is -4.77. The highest BCUT2D eigenvalue weighted by atomic mass is 19.1. The molecular weight excluding hydrogens is 471 g/mol. The second-order valence-corrected chi connectivity index (χ2v) is 8.89. The molecule has 186 valence electrons. The van der Waals surface area contributed by atoms with Gasteiger partial charge in [0.15, 0.2) is 0 Å². The number of halogens is 1. The van der Waals surface area contributed by atoms with E-state index in [1.807, 2.05) is 56.3 Å². The normalized spacial score (nSPS) is 14.6. The molecule has 1 aromatic heterocycles. The minimum Gasteiger partial charge on any atom is -0.491 e. The Balaban J connectivity index is 1.51. The first-order valence-corrected chi connectivity index (χ1v) is 11.8. The lowest BCUT2D eigenvalue weighted by Crippen LogP contribution is -2.21. The number of benzene rings is 3. The highest BCUT2D eigenvalue weighted by molar-refractivity contribution is 5.71. The van der Waals surface area contributed by atoms with Crippen LogP contribution in [0.25, 0.3) is 11.3 Å². The van der Waals surface area contributed by atoms with Crippen LogP contribution in [-0.2, 0) is 6.61 Å². The maximum Gasteiger partial charge on any atom is 0.244 e. The molecule has 0 spiro atoms. The van der Waals surface area contributed by atoms with Gasteiger partial charge >= 0.3 is 0 Å². The third kappa shape index (κ3) is 4.84. The topological polar surface area (TPSA) is 106 Å². The maximum atomic E-state index is 14.1. The average Bonchev–Trinajstić information content (AvgIpc) is 3.31. The summed E-state index contributed by atoms with van der Waals surface area (Å²) in [5.74, 6) is 0.702. The largest absolute Gasteiger partial charge is 0.491 e. The van der Waals surface area contributed by atoms with Crippen LogP contribution in [0.2, 0.25) is 0 Å². The molecule has 0 saturated heterocycles. The molecule has 5 rings (SSSR count). The van der Waals surface area contributed by atoms with Gasteiger partial charge in [0.25, 0.3) is 0 Å². The Kier molecular flexibility index (Phi) is 6.52. The number of hydrogen-bond acceptors (Lipinski definition) is 6. The van der Waals surface area contributed by atoms with Crippen molar-refractivity contribution >= 4 is 0 Å². The molecule has 3 aromatic carbocycles. The highest BCUT2D eigenvalue weighted by Gasteiger charge is 2.35. The van der Waals surface area contributed by atoms with Gasteiger partial charge in [-0.05, 0) is 61.9 Å². The molecule has 37 heavy (non-hydrogen) atoms. The number of allylic oxidation sites excluding steroid dienone is 1. The second kappa shape index (κ2) is 10.1. The van der Waals surface area contributed by atoms with Crippen molar-refractivity contribution in [3.8, 4) is 34.7 Å². The van der Waals surface area contributed by atoms with Crippen LogP contribution in [0.4, 0.5) is 4.39 Å². The number of nitrogens with one attached hydrogen (secondary N) is 1. The van der Waals surface area contributed by atoms with Crippen molar-refractivity contribution in [3.63, 3.8) is 0 Å². The smallest absolute Gasteiger partial charge is 0.244 e. The second-order valence-electron chi connectivity index (χ2n) is 8.89. The number of hydrogen-bond donors (Lipinski definition) is 2. The van der Waals surface area contributed by atoms with Crippen LogP contribution in [0.5, 0.6) is 17.4 Å². The number of aromatic amines is 1. The maximum absolute atomic E-state index is 14.1. The van der Waals surface area contributed by atoms with Crippen molar-refractivity contribution in [3.05, 3.63) is 107 Å². The van der Waals surface area contributed by atoms with Crippen LogP contribution in [0, 0.1) is 17.1 Å². The molecule has 2 heterocycles. The lowest BCUT2D eigenvalue weighted by Gasteiger charge is -2.24. The Labute approximate surface area is 213 Å². The van der Waals surface area contributed by atoms with Gasteiger partial charge in [0, 0.05) is 11.1 Å². The van der Waals surface area contributed by atoms with E-state index < -0.39 is 5.92 Å². The zero-order chi connectivity index (χ0) is 25.9. The zero-order valence-electron chi connectivity index (χ0n) is 20.4. The summed E-state index contributed by atoms with van der Waals surface area (Å²) in [5, 5.41) is 17.4. The summed E-state index contributed by atoms with van der Waals surface area (Å²) in [5.41, 5.74) is 9.85. The number of nitriles is 1. The first kappa shape index (κ1) is 23.9. The van der Waals surface area contributed by atoms with E-state index in [1.165, 1.54) is 6.07 Å². The molecule has 0 amide bonds. The number of nitrogens with two attached hydrogens (primary N) is 1. The predicted octanol–water partition coefficient (Wildman–Crippen LogP) is 5.80. The molecule has 3 N–H and O–H groups in total. The molecule has 8 heteroatoms. The molecule has 1 atom stereocenters. The van der Waals surface area contributed by atoms with E-state index in [-0.39, 0.29) is 30.0 Å². The molecule has 0 fully saturated rings. The molecule has 1 aliphatic rings. The van der Waals surface area contributed by atoms with Crippen molar-refractivity contribution < 1.29 is 18.6 Å². The quantitative estimate of drug-likeness (QED) is 0.335. The Morgan fingerprint density at radius 1 is 1.08 bits per heavy atom. The molecule has 0 radical (unpaired) electrons. The van der Waals surface area contributed by atoms with Crippen molar-refractivity contribution in [2.24, 2.45) is 5.73 Å². The Morgan fingerprint density at radius 3 is 2.59 bits per heavy atom. The minimum absolute atomic E-state index is 0.00332. The van der Waals surface area contributed by atoms with Crippen LogP contribution in [0.1, 0.15) is 36.5 Å². The SMILES string of the molecule is CC(C)Oc1ccc(-c2[nH]nc3c2C(c2cccc(OCc4ccccc4F)c2)C(C#N)=C(N)O3)cc1. The molecule has 4 aromatic rings. The number of fused-ring (bicyclic) bond motifs is 1. The Morgan fingerprint density at radius 2 is 1.86 bits per heavy atom. The predicted molar refractivity (Wildman–Crippen MR) is 136 cm³/mol. The third-order valence-corrected chi connectivity index (χ3v) is 6.00. The number of nitrogens with zero attached hydrogens (tertiary/aromatic N) is 2. The summed E-state index contributed by atoms with van der Waals surface area (Å²) in [6.07, 6.45) is 0.0581. The van der Waals surface area contributed by atoms with Gasteiger partial charge in [-0.15, -0.1) is 5.10 Å². The molecule has 7 nitrogen and oxygen atoms in total. The van der Waals surface area contributed by atoms with Crippen LogP contribution in [0.15, 0.2) is 84.3 Å². The number of aromatic nitrogens is 2. The summed E-state index contributed by atoms with van der Waals surface area (Å²) in [4.78, 5) is 0.